The lowest BCUT2D eigenvalue weighted by Gasteiger charge is -2.08. The smallest absolute Gasteiger partial charge is 0.226 e. The van der Waals surface area contributed by atoms with Gasteiger partial charge in [0.25, 0.3) is 0 Å². The number of nitrogens with one attached hydrogen (secondary N) is 1. The molecule has 0 bridgehead atoms. The van der Waals surface area contributed by atoms with E-state index < -0.39 is 0 Å². The first-order valence-electron chi connectivity index (χ1n) is 6.25. The SMILES string of the molecule is CC(C)C(=O)Nc1ccc(Oc2ccc(Cl)cc2)nc1. The molecule has 1 aromatic carbocycles. The fourth-order valence-corrected chi connectivity index (χ4v) is 1.55. The van der Waals surface area contributed by atoms with E-state index >= 15 is 0 Å². The van der Waals surface area contributed by atoms with Crippen molar-refractivity contribution >= 4 is 23.2 Å². The Labute approximate surface area is 122 Å². The van der Waals surface area contributed by atoms with Crippen molar-refractivity contribution in [1.29, 1.82) is 0 Å². The zero-order valence-electron chi connectivity index (χ0n) is 11.3. The van der Waals surface area contributed by atoms with Crippen LogP contribution in [0.4, 0.5) is 5.69 Å². The highest BCUT2D eigenvalue weighted by molar-refractivity contribution is 6.30. The first kappa shape index (κ1) is 14.3. The Morgan fingerprint density at radius 2 is 1.90 bits per heavy atom. The summed E-state index contributed by atoms with van der Waals surface area (Å²) in [6.45, 7) is 3.67. The zero-order chi connectivity index (χ0) is 14.5. The van der Waals surface area contributed by atoms with Crippen molar-refractivity contribution in [2.24, 2.45) is 5.92 Å². The van der Waals surface area contributed by atoms with Crippen LogP contribution >= 0.6 is 11.6 Å². The molecule has 104 valence electrons. The van der Waals surface area contributed by atoms with Gasteiger partial charge in [0.2, 0.25) is 11.8 Å². The number of nitrogens with zero attached hydrogens (tertiary/aromatic N) is 1. The number of hydrogen-bond donors (Lipinski definition) is 1. The van der Waals surface area contributed by atoms with E-state index in [1.54, 1.807) is 42.6 Å². The standard InChI is InChI=1S/C15H15ClN2O2/c1-10(2)15(19)18-12-5-8-14(17-9-12)20-13-6-3-11(16)4-7-13/h3-10H,1-2H3,(H,18,19). The number of ether oxygens (including phenoxy) is 1. The van der Waals surface area contributed by atoms with Gasteiger partial charge in [0.1, 0.15) is 5.75 Å². The van der Waals surface area contributed by atoms with Crippen LogP contribution in [0.25, 0.3) is 0 Å². The number of carbonyl (C=O) groups excluding carboxylic acids is 1. The molecule has 0 unspecified atom stereocenters. The van der Waals surface area contributed by atoms with Gasteiger partial charge in [-0.15, -0.1) is 0 Å². The van der Waals surface area contributed by atoms with E-state index in [2.05, 4.69) is 10.3 Å². The van der Waals surface area contributed by atoms with Gasteiger partial charge >= 0.3 is 0 Å². The second kappa shape index (κ2) is 6.39. The molecule has 5 heteroatoms. The Balaban J connectivity index is 2.01. The summed E-state index contributed by atoms with van der Waals surface area (Å²) in [5.74, 6) is 0.994. The van der Waals surface area contributed by atoms with Crippen molar-refractivity contribution in [1.82, 2.24) is 4.98 Å². The maximum atomic E-state index is 11.5. The van der Waals surface area contributed by atoms with Crippen LogP contribution in [0.15, 0.2) is 42.6 Å². The molecule has 1 heterocycles. The summed E-state index contributed by atoms with van der Waals surface area (Å²) in [6, 6.07) is 10.5. The van der Waals surface area contributed by atoms with Crippen LogP contribution < -0.4 is 10.1 Å². The summed E-state index contributed by atoms with van der Waals surface area (Å²) < 4.78 is 5.56. The van der Waals surface area contributed by atoms with Gasteiger partial charge in [-0.05, 0) is 30.3 Å². The van der Waals surface area contributed by atoms with Gasteiger partial charge in [0.05, 0.1) is 11.9 Å². The number of aromatic nitrogens is 1. The predicted molar refractivity (Wildman–Crippen MR) is 79.2 cm³/mol. The second-order valence-electron chi connectivity index (χ2n) is 4.59. The van der Waals surface area contributed by atoms with Crippen LogP contribution in [0.2, 0.25) is 5.02 Å². The highest BCUT2D eigenvalue weighted by Crippen LogP contribution is 2.22. The molecule has 0 saturated heterocycles. The first-order valence-corrected chi connectivity index (χ1v) is 6.63. The van der Waals surface area contributed by atoms with Gasteiger partial charge in [0, 0.05) is 17.0 Å². The van der Waals surface area contributed by atoms with Crippen LogP contribution in [-0.4, -0.2) is 10.9 Å². The van der Waals surface area contributed by atoms with E-state index in [1.807, 2.05) is 13.8 Å². The minimum atomic E-state index is -0.0695. The van der Waals surface area contributed by atoms with Crippen molar-refractivity contribution in [2.75, 3.05) is 5.32 Å². The summed E-state index contributed by atoms with van der Waals surface area (Å²) in [5, 5.41) is 3.42. The number of pyridine rings is 1. The molecule has 20 heavy (non-hydrogen) atoms. The fraction of sp³-hybridized carbons (Fsp3) is 0.200. The molecule has 1 aromatic heterocycles. The van der Waals surface area contributed by atoms with Gasteiger partial charge in [-0.2, -0.15) is 0 Å². The van der Waals surface area contributed by atoms with Crippen molar-refractivity contribution in [3.63, 3.8) is 0 Å². The lowest BCUT2D eigenvalue weighted by Crippen LogP contribution is -2.17. The average Bonchev–Trinajstić information content (AvgIpc) is 2.43. The number of halogens is 1. The van der Waals surface area contributed by atoms with E-state index in [4.69, 9.17) is 16.3 Å². The largest absolute Gasteiger partial charge is 0.439 e. The molecule has 2 rings (SSSR count). The summed E-state index contributed by atoms with van der Waals surface area (Å²) in [6.07, 6.45) is 1.56. The van der Waals surface area contributed by atoms with Crippen LogP contribution in [0.5, 0.6) is 11.6 Å². The van der Waals surface area contributed by atoms with E-state index in [-0.39, 0.29) is 11.8 Å². The lowest BCUT2D eigenvalue weighted by molar-refractivity contribution is -0.118. The van der Waals surface area contributed by atoms with Gasteiger partial charge in [0.15, 0.2) is 0 Å². The van der Waals surface area contributed by atoms with Gasteiger partial charge in [-0.1, -0.05) is 25.4 Å². The van der Waals surface area contributed by atoms with E-state index in [0.29, 0.717) is 22.3 Å². The Bertz CT molecular complexity index is 580. The summed E-state index contributed by atoms with van der Waals surface area (Å²) in [7, 11) is 0. The van der Waals surface area contributed by atoms with Crippen LogP contribution in [0, 0.1) is 5.92 Å². The second-order valence-corrected chi connectivity index (χ2v) is 5.02. The van der Waals surface area contributed by atoms with Crippen LogP contribution in [0.3, 0.4) is 0 Å². The fourth-order valence-electron chi connectivity index (χ4n) is 1.42. The third-order valence-electron chi connectivity index (χ3n) is 2.56. The van der Waals surface area contributed by atoms with Gasteiger partial charge in [-0.3, -0.25) is 4.79 Å². The summed E-state index contributed by atoms with van der Waals surface area (Å²) in [4.78, 5) is 15.7. The average molecular weight is 291 g/mol. The number of benzene rings is 1. The number of carbonyl (C=O) groups is 1. The zero-order valence-corrected chi connectivity index (χ0v) is 12.0. The van der Waals surface area contributed by atoms with Gasteiger partial charge < -0.3 is 10.1 Å². The molecule has 1 amide bonds. The van der Waals surface area contributed by atoms with E-state index in [0.717, 1.165) is 0 Å². The maximum absolute atomic E-state index is 11.5. The Kier molecular flexibility index (Phi) is 4.58. The summed E-state index contributed by atoms with van der Waals surface area (Å²) in [5.41, 5.74) is 0.646. The predicted octanol–water partition coefficient (Wildman–Crippen LogP) is 4.12. The molecule has 0 saturated carbocycles. The van der Waals surface area contributed by atoms with Crippen molar-refractivity contribution in [3.8, 4) is 11.6 Å². The molecule has 0 spiro atoms. The number of rotatable bonds is 4. The third-order valence-corrected chi connectivity index (χ3v) is 2.82. The third kappa shape index (κ3) is 3.96. The highest BCUT2D eigenvalue weighted by atomic mass is 35.5. The molecule has 0 aliphatic carbocycles. The van der Waals surface area contributed by atoms with E-state index in [9.17, 15) is 4.79 Å². The molecule has 0 radical (unpaired) electrons. The number of amides is 1. The van der Waals surface area contributed by atoms with Crippen LogP contribution in [0.1, 0.15) is 13.8 Å². The van der Waals surface area contributed by atoms with Crippen molar-refractivity contribution < 1.29 is 9.53 Å². The molecule has 4 nitrogen and oxygen atoms in total. The quantitative estimate of drug-likeness (QED) is 0.921. The van der Waals surface area contributed by atoms with E-state index in [1.165, 1.54) is 0 Å². The normalized spacial score (nSPS) is 10.4. The number of hydrogen-bond acceptors (Lipinski definition) is 3. The Morgan fingerprint density at radius 3 is 2.45 bits per heavy atom. The molecule has 0 aliphatic heterocycles. The Morgan fingerprint density at radius 1 is 1.20 bits per heavy atom. The molecular formula is C15H15ClN2O2. The molecule has 2 aromatic rings. The van der Waals surface area contributed by atoms with Gasteiger partial charge in [-0.25, -0.2) is 4.98 Å². The first-order chi connectivity index (χ1) is 9.54. The monoisotopic (exact) mass is 290 g/mol. The molecule has 1 N–H and O–H groups in total. The number of anilines is 1. The highest BCUT2D eigenvalue weighted by Gasteiger charge is 2.07. The lowest BCUT2D eigenvalue weighted by atomic mass is 10.2. The topological polar surface area (TPSA) is 51.2 Å². The Hall–Kier alpha value is -2.07. The molecular weight excluding hydrogens is 276 g/mol. The molecule has 0 atom stereocenters. The molecule has 0 aliphatic rings. The minimum Gasteiger partial charge on any atom is -0.439 e. The van der Waals surface area contributed by atoms with Crippen LogP contribution in [-0.2, 0) is 4.79 Å². The summed E-state index contributed by atoms with van der Waals surface area (Å²) >= 11 is 5.80. The minimum absolute atomic E-state index is 0.0434. The van der Waals surface area contributed by atoms with Crippen molar-refractivity contribution in [3.05, 3.63) is 47.6 Å². The maximum Gasteiger partial charge on any atom is 0.226 e. The van der Waals surface area contributed by atoms with Crippen molar-refractivity contribution in [2.45, 2.75) is 13.8 Å². The molecule has 0 fully saturated rings.